The second-order valence-electron chi connectivity index (χ2n) is 8.75. The summed E-state index contributed by atoms with van der Waals surface area (Å²) in [4.78, 5) is 6.08. The quantitative estimate of drug-likeness (QED) is 0.455. The Morgan fingerprint density at radius 3 is 2.50 bits per heavy atom. The summed E-state index contributed by atoms with van der Waals surface area (Å²) in [5.41, 5.74) is -1.60. The number of aliphatic hydroxyl groups is 1. The number of nitrogens with one attached hydrogen (secondary N) is 1. The van der Waals surface area contributed by atoms with Crippen LogP contribution in [0, 0.1) is 0 Å². The van der Waals surface area contributed by atoms with Crippen LogP contribution in [0.5, 0.6) is 0 Å². The second-order valence-corrected chi connectivity index (χ2v) is 11.9. The molecule has 0 bridgehead atoms. The Balaban J connectivity index is 1.55. The molecule has 0 amide bonds. The van der Waals surface area contributed by atoms with Crippen molar-refractivity contribution in [3.05, 3.63) is 77.4 Å². The number of pyridine rings is 1. The van der Waals surface area contributed by atoms with E-state index in [0.29, 0.717) is 25.3 Å². The molecule has 2 aromatic heterocycles. The minimum absolute atomic E-state index is 0.211. The standard InChI is InChI=1S/C24H27F3N4O3S2/c1-23(32,24(25,26)27)19-6-8-20(9-7-19)31-12-11-30(36(33,34)22-5-3-13-35-22)17-21(31)16-29-15-18-4-2-10-28-14-18/h2-10,13-14,21,29,32H,11-12,15-17H2,1H3/t21-,23?/m0/s1. The fourth-order valence-corrected chi connectivity index (χ4v) is 6.74. The Hall–Kier alpha value is -2.51. The Kier molecular flexibility index (Phi) is 7.72. The topological polar surface area (TPSA) is 85.8 Å². The lowest BCUT2D eigenvalue weighted by molar-refractivity contribution is -0.258. The highest BCUT2D eigenvalue weighted by Gasteiger charge is 2.51. The van der Waals surface area contributed by atoms with E-state index in [1.165, 1.54) is 28.6 Å². The van der Waals surface area contributed by atoms with E-state index >= 15 is 0 Å². The van der Waals surface area contributed by atoms with E-state index in [0.717, 1.165) is 23.8 Å². The number of hydrogen-bond donors (Lipinski definition) is 2. The molecule has 0 aliphatic carbocycles. The van der Waals surface area contributed by atoms with Crippen molar-refractivity contribution in [2.45, 2.75) is 35.5 Å². The summed E-state index contributed by atoms with van der Waals surface area (Å²) in [5, 5.41) is 15.0. The summed E-state index contributed by atoms with van der Waals surface area (Å²) >= 11 is 1.16. The van der Waals surface area contributed by atoms with Crippen LogP contribution in [0.4, 0.5) is 18.9 Å². The maximum Gasteiger partial charge on any atom is 0.421 e. The van der Waals surface area contributed by atoms with Crippen molar-refractivity contribution in [2.24, 2.45) is 0 Å². The molecule has 1 aromatic carbocycles. The zero-order valence-electron chi connectivity index (χ0n) is 19.5. The van der Waals surface area contributed by atoms with Gasteiger partial charge >= 0.3 is 6.18 Å². The summed E-state index contributed by atoms with van der Waals surface area (Å²) in [6.45, 7) is 2.50. The van der Waals surface area contributed by atoms with Gasteiger partial charge in [-0.05, 0) is 47.7 Å². The Labute approximate surface area is 212 Å². The van der Waals surface area contributed by atoms with Gasteiger partial charge < -0.3 is 15.3 Å². The number of alkyl halides is 3. The number of piperazine rings is 1. The van der Waals surface area contributed by atoms with Crippen LogP contribution in [0.25, 0.3) is 0 Å². The summed E-state index contributed by atoms with van der Waals surface area (Å²) in [6.07, 6.45) is -1.39. The predicted octanol–water partition coefficient (Wildman–Crippen LogP) is 3.58. The third-order valence-electron chi connectivity index (χ3n) is 6.28. The van der Waals surface area contributed by atoms with Crippen LogP contribution >= 0.6 is 11.3 Å². The highest BCUT2D eigenvalue weighted by atomic mass is 32.2. The number of nitrogens with zero attached hydrogens (tertiary/aromatic N) is 3. The summed E-state index contributed by atoms with van der Waals surface area (Å²) in [6, 6.07) is 12.3. The molecule has 0 spiro atoms. The van der Waals surface area contributed by atoms with Gasteiger partial charge in [-0.25, -0.2) is 8.42 Å². The molecular weight excluding hydrogens is 513 g/mol. The van der Waals surface area contributed by atoms with Gasteiger partial charge in [0.25, 0.3) is 10.0 Å². The first-order chi connectivity index (χ1) is 17.0. The van der Waals surface area contributed by atoms with Crippen LogP contribution in [0.3, 0.4) is 0 Å². The van der Waals surface area contributed by atoms with Crippen molar-refractivity contribution < 1.29 is 26.7 Å². The van der Waals surface area contributed by atoms with Crippen molar-refractivity contribution in [1.29, 1.82) is 0 Å². The van der Waals surface area contributed by atoms with Crippen LogP contribution in [-0.4, -0.2) is 61.2 Å². The Morgan fingerprint density at radius 1 is 1.14 bits per heavy atom. The fraction of sp³-hybridized carbons (Fsp3) is 0.375. The van der Waals surface area contributed by atoms with Gasteiger partial charge in [-0.3, -0.25) is 4.98 Å². The number of anilines is 1. The average Bonchev–Trinajstić information content (AvgIpc) is 3.40. The second kappa shape index (κ2) is 10.5. The molecule has 7 nitrogen and oxygen atoms in total. The average molecular weight is 541 g/mol. The van der Waals surface area contributed by atoms with Crippen LogP contribution in [-0.2, 0) is 22.2 Å². The number of aromatic nitrogens is 1. The van der Waals surface area contributed by atoms with E-state index < -0.39 is 21.8 Å². The SMILES string of the molecule is CC(O)(c1ccc(N2CCN(S(=O)(=O)c3cccs3)C[C@@H]2CNCc2cccnc2)cc1)C(F)(F)F. The van der Waals surface area contributed by atoms with E-state index in [9.17, 15) is 26.7 Å². The van der Waals surface area contributed by atoms with Gasteiger partial charge in [0.2, 0.25) is 0 Å². The van der Waals surface area contributed by atoms with Crippen molar-refractivity contribution >= 4 is 27.0 Å². The fourth-order valence-electron chi connectivity index (χ4n) is 4.12. The number of benzene rings is 1. The van der Waals surface area contributed by atoms with E-state index in [1.54, 1.807) is 29.9 Å². The highest BCUT2D eigenvalue weighted by molar-refractivity contribution is 7.91. The zero-order chi connectivity index (χ0) is 26.0. The normalized spacial score (nSPS) is 19.2. The van der Waals surface area contributed by atoms with Crippen molar-refractivity contribution in [2.75, 3.05) is 31.1 Å². The minimum atomic E-state index is -4.81. The first kappa shape index (κ1) is 26.6. The molecule has 4 rings (SSSR count). The van der Waals surface area contributed by atoms with Crippen LogP contribution in [0.2, 0.25) is 0 Å². The summed E-state index contributed by atoms with van der Waals surface area (Å²) in [7, 11) is -3.65. The smallest absolute Gasteiger partial charge is 0.376 e. The summed E-state index contributed by atoms with van der Waals surface area (Å²) < 4.78 is 67.8. The van der Waals surface area contributed by atoms with E-state index in [2.05, 4.69) is 10.3 Å². The lowest BCUT2D eigenvalue weighted by Crippen LogP contribution is -2.57. The van der Waals surface area contributed by atoms with E-state index in [-0.39, 0.29) is 28.9 Å². The first-order valence-electron chi connectivity index (χ1n) is 11.3. The van der Waals surface area contributed by atoms with Gasteiger partial charge in [-0.15, -0.1) is 11.3 Å². The monoisotopic (exact) mass is 540 g/mol. The molecule has 2 N–H and O–H groups in total. The van der Waals surface area contributed by atoms with Gasteiger partial charge in [0.1, 0.15) is 4.21 Å². The molecule has 12 heteroatoms. The minimum Gasteiger partial charge on any atom is -0.376 e. The molecule has 1 unspecified atom stereocenters. The van der Waals surface area contributed by atoms with Gasteiger partial charge in [0.05, 0.1) is 6.04 Å². The third-order valence-corrected chi connectivity index (χ3v) is 9.52. The molecule has 2 atom stereocenters. The molecule has 0 saturated carbocycles. The van der Waals surface area contributed by atoms with Gasteiger partial charge in [-0.1, -0.05) is 24.3 Å². The van der Waals surface area contributed by atoms with E-state index in [4.69, 9.17) is 0 Å². The van der Waals surface area contributed by atoms with Gasteiger partial charge in [0.15, 0.2) is 5.60 Å². The number of thiophene rings is 1. The maximum absolute atomic E-state index is 13.3. The molecule has 1 aliphatic rings. The number of sulfonamides is 1. The number of hydrogen-bond acceptors (Lipinski definition) is 7. The van der Waals surface area contributed by atoms with Gasteiger partial charge in [-0.2, -0.15) is 17.5 Å². The van der Waals surface area contributed by atoms with E-state index in [1.807, 2.05) is 17.0 Å². The summed E-state index contributed by atoms with van der Waals surface area (Å²) in [5.74, 6) is 0. The Bertz CT molecular complexity index is 1240. The van der Waals surface area contributed by atoms with Crippen LogP contribution in [0.15, 0.2) is 70.5 Å². The zero-order valence-corrected chi connectivity index (χ0v) is 21.2. The molecule has 1 aliphatic heterocycles. The number of halogens is 3. The van der Waals surface area contributed by atoms with Crippen molar-refractivity contribution in [3.8, 4) is 0 Å². The molecule has 1 fully saturated rings. The largest absolute Gasteiger partial charge is 0.421 e. The lowest BCUT2D eigenvalue weighted by atomic mass is 9.95. The molecule has 194 valence electrons. The molecule has 0 radical (unpaired) electrons. The predicted molar refractivity (Wildman–Crippen MR) is 132 cm³/mol. The maximum atomic E-state index is 13.3. The van der Waals surface area contributed by atoms with Crippen LogP contribution in [0.1, 0.15) is 18.1 Å². The number of rotatable bonds is 8. The third kappa shape index (κ3) is 5.57. The molecular formula is C24H27F3N4O3S2. The van der Waals surface area contributed by atoms with Crippen molar-refractivity contribution in [3.63, 3.8) is 0 Å². The van der Waals surface area contributed by atoms with Crippen molar-refractivity contribution in [1.82, 2.24) is 14.6 Å². The highest BCUT2D eigenvalue weighted by Crippen LogP contribution is 2.39. The molecule has 1 saturated heterocycles. The Morgan fingerprint density at radius 2 is 1.89 bits per heavy atom. The molecule has 3 heterocycles. The molecule has 36 heavy (non-hydrogen) atoms. The molecule has 3 aromatic rings. The lowest BCUT2D eigenvalue weighted by Gasteiger charge is -2.42. The van der Waals surface area contributed by atoms with Crippen LogP contribution < -0.4 is 10.2 Å². The van der Waals surface area contributed by atoms with Gasteiger partial charge in [0, 0.05) is 50.8 Å². The first-order valence-corrected chi connectivity index (χ1v) is 13.6.